The van der Waals surface area contributed by atoms with Crippen LogP contribution < -0.4 is 10.1 Å². The molecule has 1 aromatic heterocycles. The highest BCUT2D eigenvalue weighted by molar-refractivity contribution is 7.00. The normalized spacial score (nSPS) is 26.8. The van der Waals surface area contributed by atoms with Crippen LogP contribution in [-0.4, -0.2) is 52.1 Å². The first-order valence-electron chi connectivity index (χ1n) is 10.9. The Balaban J connectivity index is 1.18. The number of aromatic nitrogens is 2. The molecule has 0 spiro atoms. The molecule has 160 valence electrons. The third kappa shape index (κ3) is 3.64. The van der Waals surface area contributed by atoms with Gasteiger partial charge in [-0.25, -0.2) is 4.79 Å². The maximum absolute atomic E-state index is 12.6. The summed E-state index contributed by atoms with van der Waals surface area (Å²) < 4.78 is 20.4. The van der Waals surface area contributed by atoms with E-state index in [0.29, 0.717) is 12.5 Å². The second kappa shape index (κ2) is 7.76. The predicted molar refractivity (Wildman–Crippen MR) is 118 cm³/mol. The molecule has 31 heavy (non-hydrogen) atoms. The highest BCUT2D eigenvalue weighted by Crippen LogP contribution is 2.36. The molecule has 4 aliphatic rings. The molecule has 3 fully saturated rings. The van der Waals surface area contributed by atoms with Gasteiger partial charge in [0, 0.05) is 18.5 Å². The third-order valence-electron chi connectivity index (χ3n) is 6.79. The van der Waals surface area contributed by atoms with E-state index in [2.05, 4.69) is 31.1 Å². The molecule has 1 N–H and O–H groups in total. The number of carbonyl (C=O) groups is 1. The molecule has 2 aromatic carbocycles. The maximum atomic E-state index is 12.6. The molecule has 2 bridgehead atoms. The van der Waals surface area contributed by atoms with Crippen LogP contribution in [0.25, 0.3) is 22.2 Å². The summed E-state index contributed by atoms with van der Waals surface area (Å²) in [6, 6.07) is 12.1. The lowest BCUT2D eigenvalue weighted by Crippen LogP contribution is -2.52. The minimum atomic E-state index is -0.317. The van der Waals surface area contributed by atoms with Gasteiger partial charge in [0.15, 0.2) is 0 Å². The van der Waals surface area contributed by atoms with Crippen molar-refractivity contribution >= 4 is 28.9 Å². The summed E-state index contributed by atoms with van der Waals surface area (Å²) in [4.78, 5) is 15.0. The topological polar surface area (TPSA) is 76.6 Å². The lowest BCUT2D eigenvalue weighted by molar-refractivity contribution is -0.0342. The van der Waals surface area contributed by atoms with Crippen molar-refractivity contribution in [3.05, 3.63) is 42.0 Å². The van der Waals surface area contributed by atoms with Gasteiger partial charge in [-0.15, -0.1) is 0 Å². The molecule has 3 saturated heterocycles. The van der Waals surface area contributed by atoms with Gasteiger partial charge in [-0.3, -0.25) is 4.90 Å². The van der Waals surface area contributed by atoms with Crippen molar-refractivity contribution in [3.63, 3.8) is 0 Å². The molecule has 4 aliphatic heterocycles. The van der Waals surface area contributed by atoms with Crippen LogP contribution in [0, 0.1) is 5.92 Å². The van der Waals surface area contributed by atoms with E-state index >= 15 is 0 Å². The SMILES string of the molecule is O=C(NC1CCOc2cc(-c3ccc4nsnc4c3)ccc21)O[C@@H]1CN2CCC1CC2. The standard InChI is InChI=1S/C23H24N4O3S/c28-23(30-22-13-27-8-5-14(22)6-9-27)24-18-7-10-29-21-12-16(1-3-17(18)21)15-2-4-19-20(11-15)26-31-25-19/h1-4,11-12,14,18,22H,5-10,13H2,(H,24,28)/t18?,22-/m1/s1. The Bertz CT molecular complexity index is 1120. The van der Waals surface area contributed by atoms with Gasteiger partial charge in [0.1, 0.15) is 22.9 Å². The summed E-state index contributed by atoms with van der Waals surface area (Å²) in [7, 11) is 0. The summed E-state index contributed by atoms with van der Waals surface area (Å²) in [5.74, 6) is 1.32. The number of nitrogens with zero attached hydrogens (tertiary/aromatic N) is 3. The van der Waals surface area contributed by atoms with E-state index < -0.39 is 0 Å². The van der Waals surface area contributed by atoms with Crippen molar-refractivity contribution in [3.8, 4) is 16.9 Å². The second-order valence-corrected chi connectivity index (χ2v) is 9.16. The average molecular weight is 437 g/mol. The van der Waals surface area contributed by atoms with Crippen molar-refractivity contribution in [2.45, 2.75) is 31.4 Å². The number of fused-ring (bicyclic) bond motifs is 5. The molecule has 0 saturated carbocycles. The lowest BCUT2D eigenvalue weighted by atomic mass is 9.86. The number of rotatable bonds is 3. The van der Waals surface area contributed by atoms with E-state index in [1.807, 2.05) is 24.3 Å². The zero-order valence-corrected chi connectivity index (χ0v) is 17.9. The number of nitrogens with one attached hydrogen (secondary N) is 1. The molecular formula is C23H24N4O3S. The number of benzene rings is 2. The quantitative estimate of drug-likeness (QED) is 0.669. The molecule has 1 unspecified atom stereocenters. The molecule has 1 amide bonds. The van der Waals surface area contributed by atoms with Crippen molar-refractivity contribution < 1.29 is 14.3 Å². The van der Waals surface area contributed by atoms with Gasteiger partial charge in [-0.05, 0) is 61.2 Å². The van der Waals surface area contributed by atoms with Crippen LogP contribution in [-0.2, 0) is 4.74 Å². The minimum Gasteiger partial charge on any atom is -0.493 e. The number of piperidine rings is 3. The number of carbonyl (C=O) groups excluding carboxylic acids is 1. The van der Waals surface area contributed by atoms with Gasteiger partial charge >= 0.3 is 6.09 Å². The monoisotopic (exact) mass is 436 g/mol. The zero-order valence-electron chi connectivity index (χ0n) is 17.1. The molecule has 7 rings (SSSR count). The minimum absolute atomic E-state index is 0.0132. The average Bonchev–Trinajstić information content (AvgIpc) is 3.28. The summed E-state index contributed by atoms with van der Waals surface area (Å²) in [6.45, 7) is 3.70. The summed E-state index contributed by atoms with van der Waals surface area (Å²) in [6.07, 6.45) is 2.69. The summed E-state index contributed by atoms with van der Waals surface area (Å²) >= 11 is 1.22. The molecular weight excluding hydrogens is 412 g/mol. The van der Waals surface area contributed by atoms with Crippen LogP contribution in [0.4, 0.5) is 4.79 Å². The first-order valence-corrected chi connectivity index (χ1v) is 11.6. The van der Waals surface area contributed by atoms with Crippen molar-refractivity contribution in [2.24, 2.45) is 5.92 Å². The van der Waals surface area contributed by atoms with Crippen LogP contribution >= 0.6 is 11.7 Å². The maximum Gasteiger partial charge on any atom is 0.407 e. The zero-order chi connectivity index (χ0) is 20.8. The van der Waals surface area contributed by atoms with Gasteiger partial charge in [0.25, 0.3) is 0 Å². The molecule has 3 aromatic rings. The van der Waals surface area contributed by atoms with E-state index in [1.165, 1.54) is 11.7 Å². The van der Waals surface area contributed by atoms with Crippen molar-refractivity contribution in [2.75, 3.05) is 26.2 Å². The van der Waals surface area contributed by atoms with Gasteiger partial charge in [-0.2, -0.15) is 8.75 Å². The van der Waals surface area contributed by atoms with Crippen molar-refractivity contribution in [1.82, 2.24) is 19.0 Å². The lowest BCUT2D eigenvalue weighted by Gasteiger charge is -2.44. The highest BCUT2D eigenvalue weighted by atomic mass is 32.1. The number of hydrogen-bond acceptors (Lipinski definition) is 7. The molecule has 7 nitrogen and oxygen atoms in total. The number of amides is 1. The number of alkyl carbamates (subject to hydrolysis) is 1. The predicted octanol–water partition coefficient (Wildman–Crippen LogP) is 4.00. The van der Waals surface area contributed by atoms with E-state index in [9.17, 15) is 4.79 Å². The van der Waals surface area contributed by atoms with Crippen molar-refractivity contribution in [1.29, 1.82) is 0 Å². The Labute approximate surface area is 184 Å². The Morgan fingerprint density at radius 2 is 1.87 bits per heavy atom. The third-order valence-corrected chi connectivity index (χ3v) is 7.34. The van der Waals surface area contributed by atoms with Crippen LogP contribution in [0.2, 0.25) is 0 Å². The molecule has 0 radical (unpaired) electrons. The van der Waals surface area contributed by atoms with Crippen LogP contribution in [0.3, 0.4) is 0 Å². The van der Waals surface area contributed by atoms with E-state index in [-0.39, 0.29) is 18.2 Å². The summed E-state index contributed by atoms with van der Waals surface area (Å²) in [5.41, 5.74) is 4.94. The number of hydrogen-bond donors (Lipinski definition) is 1. The molecule has 8 heteroatoms. The smallest absolute Gasteiger partial charge is 0.407 e. The van der Waals surface area contributed by atoms with Gasteiger partial charge in [0.2, 0.25) is 0 Å². The largest absolute Gasteiger partial charge is 0.493 e. The van der Waals surface area contributed by atoms with E-state index in [4.69, 9.17) is 9.47 Å². The summed E-state index contributed by atoms with van der Waals surface area (Å²) in [5, 5.41) is 3.09. The Hall–Kier alpha value is -2.71. The Kier molecular flexibility index (Phi) is 4.76. The first-order chi connectivity index (χ1) is 15.2. The highest BCUT2D eigenvalue weighted by Gasteiger charge is 2.37. The molecule has 5 heterocycles. The fourth-order valence-corrected chi connectivity index (χ4v) is 5.56. The van der Waals surface area contributed by atoms with Gasteiger partial charge < -0.3 is 14.8 Å². The van der Waals surface area contributed by atoms with Gasteiger partial charge in [0.05, 0.1) is 24.4 Å². The van der Waals surface area contributed by atoms with E-state index in [1.54, 1.807) is 0 Å². The molecule has 2 atom stereocenters. The fourth-order valence-electron chi connectivity index (χ4n) is 5.04. The molecule has 0 aliphatic carbocycles. The first kappa shape index (κ1) is 19.0. The van der Waals surface area contributed by atoms with Crippen LogP contribution in [0.1, 0.15) is 30.9 Å². The van der Waals surface area contributed by atoms with E-state index in [0.717, 1.165) is 72.4 Å². The van der Waals surface area contributed by atoms with Crippen LogP contribution in [0.15, 0.2) is 36.4 Å². The fraction of sp³-hybridized carbons (Fsp3) is 0.435. The second-order valence-electron chi connectivity index (χ2n) is 8.64. The number of ether oxygens (including phenoxy) is 2. The Morgan fingerprint density at radius 3 is 2.71 bits per heavy atom. The van der Waals surface area contributed by atoms with Gasteiger partial charge in [-0.1, -0.05) is 18.2 Å². The van der Waals surface area contributed by atoms with Crippen LogP contribution in [0.5, 0.6) is 5.75 Å². The Morgan fingerprint density at radius 1 is 1.06 bits per heavy atom.